The zero-order valence-corrected chi connectivity index (χ0v) is 4.89. The molecule has 0 atom stereocenters. The van der Waals surface area contributed by atoms with Gasteiger partial charge in [-0.15, -0.1) is 0 Å². The maximum atomic E-state index is 10.0. The van der Waals surface area contributed by atoms with Gasteiger partial charge in [-0.05, 0) is 9.91 Å². The lowest BCUT2D eigenvalue weighted by atomic mass is 10.6. The van der Waals surface area contributed by atoms with Gasteiger partial charge >= 0.3 is 5.82 Å². The van der Waals surface area contributed by atoms with Crippen LogP contribution in [-0.2, 0) is 0 Å². The van der Waals surface area contributed by atoms with Crippen molar-refractivity contribution in [2.45, 2.75) is 0 Å². The molecule has 0 aromatic carbocycles. The fourth-order valence-corrected chi connectivity index (χ4v) is 0.458. The lowest BCUT2D eigenvalue weighted by Gasteiger charge is -1.88. The monoisotopic (exact) mass is 140 g/mol. The van der Waals surface area contributed by atoms with E-state index in [-0.39, 0.29) is 11.6 Å². The number of nitrogens with zero attached hydrogens (tertiary/aromatic N) is 3. The molecular formula is C4H4N4O2. The summed E-state index contributed by atoms with van der Waals surface area (Å²) in [6.07, 6.45) is 2.28. The average molecular weight is 140 g/mol. The van der Waals surface area contributed by atoms with Crippen molar-refractivity contribution < 1.29 is 4.92 Å². The molecule has 10 heavy (non-hydrogen) atoms. The molecule has 0 aliphatic rings. The summed E-state index contributed by atoms with van der Waals surface area (Å²) in [7, 11) is 0. The largest absolute Gasteiger partial charge is 0.384 e. The summed E-state index contributed by atoms with van der Waals surface area (Å²) in [5, 5.41) is 10.0. The van der Waals surface area contributed by atoms with E-state index in [1.165, 1.54) is 6.20 Å². The first-order chi connectivity index (χ1) is 4.70. The second-order valence-corrected chi connectivity index (χ2v) is 1.56. The SMILES string of the molecule is Nc1cncc([N+](=O)[O-])n1. The van der Waals surface area contributed by atoms with Crippen molar-refractivity contribution in [2.24, 2.45) is 0 Å². The summed E-state index contributed by atoms with van der Waals surface area (Å²) < 4.78 is 0. The van der Waals surface area contributed by atoms with Crippen LogP contribution in [0.15, 0.2) is 12.4 Å². The van der Waals surface area contributed by atoms with Gasteiger partial charge in [0.1, 0.15) is 6.20 Å². The van der Waals surface area contributed by atoms with Crippen LogP contribution in [0.2, 0.25) is 0 Å². The van der Waals surface area contributed by atoms with Crippen molar-refractivity contribution in [3.05, 3.63) is 22.5 Å². The molecule has 0 saturated heterocycles. The molecule has 0 aliphatic heterocycles. The Balaban J connectivity index is 3.07. The van der Waals surface area contributed by atoms with Gasteiger partial charge in [-0.25, -0.2) is 4.98 Å². The third kappa shape index (κ3) is 1.16. The molecule has 0 amide bonds. The highest BCUT2D eigenvalue weighted by Crippen LogP contribution is 2.04. The summed E-state index contributed by atoms with van der Waals surface area (Å²) in [5.74, 6) is -0.283. The van der Waals surface area contributed by atoms with Gasteiger partial charge in [-0.1, -0.05) is 0 Å². The highest BCUT2D eigenvalue weighted by molar-refractivity contribution is 5.28. The molecule has 0 radical (unpaired) electrons. The molecule has 0 aliphatic carbocycles. The van der Waals surface area contributed by atoms with Crippen LogP contribution in [0.3, 0.4) is 0 Å². The number of rotatable bonds is 1. The second-order valence-electron chi connectivity index (χ2n) is 1.56. The molecule has 1 heterocycles. The number of nitro groups is 1. The first kappa shape index (κ1) is 6.40. The highest BCUT2D eigenvalue weighted by Gasteiger charge is 2.06. The fraction of sp³-hybridized carbons (Fsp3) is 0. The van der Waals surface area contributed by atoms with Gasteiger partial charge in [-0.3, -0.25) is 0 Å². The number of anilines is 1. The van der Waals surface area contributed by atoms with Crippen LogP contribution < -0.4 is 5.73 Å². The molecule has 0 saturated carbocycles. The molecular weight excluding hydrogens is 136 g/mol. The Labute approximate surface area is 55.9 Å². The minimum atomic E-state index is -0.649. The molecule has 1 rings (SSSR count). The van der Waals surface area contributed by atoms with Crippen molar-refractivity contribution in [1.29, 1.82) is 0 Å². The van der Waals surface area contributed by atoms with Crippen LogP contribution in [0.25, 0.3) is 0 Å². The van der Waals surface area contributed by atoms with Crippen LogP contribution in [0.1, 0.15) is 0 Å². The van der Waals surface area contributed by atoms with Crippen molar-refractivity contribution in [3.8, 4) is 0 Å². The van der Waals surface area contributed by atoms with E-state index in [9.17, 15) is 10.1 Å². The third-order valence-corrected chi connectivity index (χ3v) is 0.828. The van der Waals surface area contributed by atoms with Gasteiger partial charge in [-0.2, -0.15) is 0 Å². The van der Waals surface area contributed by atoms with E-state index >= 15 is 0 Å². The van der Waals surface area contributed by atoms with Crippen molar-refractivity contribution >= 4 is 11.6 Å². The Bertz CT molecular complexity index is 261. The quantitative estimate of drug-likeness (QED) is 0.436. The van der Waals surface area contributed by atoms with Crippen LogP contribution in [0, 0.1) is 10.1 Å². The number of hydrogen-bond donors (Lipinski definition) is 1. The van der Waals surface area contributed by atoms with Crippen LogP contribution in [0.4, 0.5) is 11.6 Å². The second kappa shape index (κ2) is 2.26. The van der Waals surface area contributed by atoms with E-state index in [4.69, 9.17) is 5.73 Å². The first-order valence-electron chi connectivity index (χ1n) is 2.42. The van der Waals surface area contributed by atoms with Crippen LogP contribution in [0.5, 0.6) is 0 Å². The molecule has 0 spiro atoms. The zero-order chi connectivity index (χ0) is 7.56. The lowest BCUT2D eigenvalue weighted by Crippen LogP contribution is -1.96. The van der Waals surface area contributed by atoms with Gasteiger partial charge in [0, 0.05) is 0 Å². The fourth-order valence-electron chi connectivity index (χ4n) is 0.458. The molecule has 6 heteroatoms. The summed E-state index contributed by atoms with van der Waals surface area (Å²) in [4.78, 5) is 16.2. The molecule has 0 unspecified atom stereocenters. The maximum absolute atomic E-state index is 10.0. The summed E-state index contributed by atoms with van der Waals surface area (Å²) >= 11 is 0. The standard InChI is InChI=1S/C4H4N4O2/c5-3-1-6-2-4(7-3)8(9)10/h1-2H,(H2,5,7). The van der Waals surface area contributed by atoms with Gasteiger partial charge in [0.15, 0.2) is 0 Å². The van der Waals surface area contributed by atoms with Crippen molar-refractivity contribution in [3.63, 3.8) is 0 Å². The highest BCUT2D eigenvalue weighted by atomic mass is 16.6. The van der Waals surface area contributed by atoms with E-state index in [0.717, 1.165) is 6.20 Å². The molecule has 1 aromatic heterocycles. The smallest absolute Gasteiger partial charge is 0.362 e. The molecule has 0 fully saturated rings. The van der Waals surface area contributed by atoms with Crippen molar-refractivity contribution in [1.82, 2.24) is 9.97 Å². The van der Waals surface area contributed by atoms with E-state index < -0.39 is 4.92 Å². The van der Waals surface area contributed by atoms with Gasteiger partial charge < -0.3 is 15.8 Å². The summed E-state index contributed by atoms with van der Waals surface area (Å²) in [6, 6.07) is 0. The number of aromatic nitrogens is 2. The normalized spacial score (nSPS) is 9.20. The Hall–Kier alpha value is -1.72. The van der Waals surface area contributed by atoms with Crippen LogP contribution in [-0.4, -0.2) is 14.9 Å². The van der Waals surface area contributed by atoms with Gasteiger partial charge in [0.05, 0.1) is 6.20 Å². The molecule has 52 valence electrons. The predicted molar refractivity (Wildman–Crippen MR) is 33.1 cm³/mol. The number of nitrogens with two attached hydrogens (primary N) is 1. The van der Waals surface area contributed by atoms with E-state index in [1.807, 2.05) is 0 Å². The van der Waals surface area contributed by atoms with E-state index in [1.54, 1.807) is 0 Å². The average Bonchev–Trinajstić information content (AvgIpc) is 1.88. The first-order valence-corrected chi connectivity index (χ1v) is 2.42. The number of hydrogen-bond acceptors (Lipinski definition) is 5. The lowest BCUT2D eigenvalue weighted by molar-refractivity contribution is -0.389. The zero-order valence-electron chi connectivity index (χ0n) is 4.89. The van der Waals surface area contributed by atoms with Gasteiger partial charge in [0.25, 0.3) is 5.82 Å². The minimum Gasteiger partial charge on any atom is -0.362 e. The molecule has 1 aromatic rings. The summed E-state index contributed by atoms with van der Waals surface area (Å²) in [6.45, 7) is 0. The Morgan fingerprint density at radius 1 is 1.60 bits per heavy atom. The molecule has 6 nitrogen and oxygen atoms in total. The van der Waals surface area contributed by atoms with Crippen LogP contribution >= 0.6 is 0 Å². The maximum Gasteiger partial charge on any atom is 0.384 e. The summed E-state index contributed by atoms with van der Waals surface area (Å²) in [5.41, 5.74) is 5.12. The Morgan fingerprint density at radius 2 is 2.30 bits per heavy atom. The Morgan fingerprint density at radius 3 is 2.70 bits per heavy atom. The van der Waals surface area contributed by atoms with E-state index in [2.05, 4.69) is 9.97 Å². The molecule has 0 bridgehead atoms. The van der Waals surface area contributed by atoms with E-state index in [0.29, 0.717) is 0 Å². The topological polar surface area (TPSA) is 94.9 Å². The number of nitrogen functional groups attached to an aromatic ring is 1. The predicted octanol–water partition coefficient (Wildman–Crippen LogP) is -0.0330. The van der Waals surface area contributed by atoms with Crippen molar-refractivity contribution in [2.75, 3.05) is 5.73 Å². The van der Waals surface area contributed by atoms with Gasteiger partial charge in [0.2, 0.25) is 0 Å². The Kier molecular flexibility index (Phi) is 1.44. The molecule has 2 N–H and O–H groups in total. The third-order valence-electron chi connectivity index (χ3n) is 0.828. The minimum absolute atomic E-state index is 0.0502.